The fourth-order valence-corrected chi connectivity index (χ4v) is 4.79. The molecule has 0 atom stereocenters. The van der Waals surface area contributed by atoms with Gasteiger partial charge in [0.2, 0.25) is 5.82 Å². The van der Waals surface area contributed by atoms with Gasteiger partial charge in [-0.05, 0) is 73.8 Å². The van der Waals surface area contributed by atoms with Crippen LogP contribution >= 0.6 is 0 Å². The van der Waals surface area contributed by atoms with Gasteiger partial charge in [0.25, 0.3) is 5.89 Å². The first-order chi connectivity index (χ1) is 15.3. The highest BCUT2D eigenvalue weighted by Gasteiger charge is 2.32. The fraction of sp³-hybridized carbons (Fsp3) is 0.458. The maximum absolute atomic E-state index is 5.69. The second-order valence-electron chi connectivity index (χ2n) is 9.66. The summed E-state index contributed by atoms with van der Waals surface area (Å²) in [6.45, 7) is 9.69. The van der Waals surface area contributed by atoms with E-state index in [4.69, 9.17) is 14.6 Å². The fourth-order valence-electron chi connectivity index (χ4n) is 4.79. The Morgan fingerprint density at radius 1 is 1.16 bits per heavy atom. The van der Waals surface area contributed by atoms with E-state index in [9.17, 15) is 0 Å². The molecule has 0 radical (unpaired) electrons. The van der Waals surface area contributed by atoms with E-state index in [-0.39, 0.29) is 0 Å². The summed E-state index contributed by atoms with van der Waals surface area (Å²) in [5.74, 6) is 1.10. The lowest BCUT2D eigenvalue weighted by molar-refractivity contribution is 0.306. The molecule has 0 spiro atoms. The summed E-state index contributed by atoms with van der Waals surface area (Å²) in [6, 6.07) is 4.27. The summed E-state index contributed by atoms with van der Waals surface area (Å²) in [6.07, 6.45) is 7.35. The molecule has 0 unspecified atom stereocenters. The Bertz CT molecular complexity index is 1240. The zero-order valence-electron chi connectivity index (χ0n) is 19.4. The van der Waals surface area contributed by atoms with Gasteiger partial charge in [-0.1, -0.05) is 19.0 Å². The molecule has 1 aromatic carbocycles. The quantitative estimate of drug-likeness (QED) is 0.473. The lowest BCUT2D eigenvalue weighted by Crippen LogP contribution is -2.23. The van der Waals surface area contributed by atoms with Gasteiger partial charge in [-0.3, -0.25) is 9.36 Å². The predicted octanol–water partition coefficient (Wildman–Crippen LogP) is 4.10. The third kappa shape index (κ3) is 3.74. The Kier molecular flexibility index (Phi) is 4.95. The molecule has 32 heavy (non-hydrogen) atoms. The van der Waals surface area contributed by atoms with Gasteiger partial charge in [0.1, 0.15) is 12.7 Å². The molecular formula is C24H29N7O. The van der Waals surface area contributed by atoms with Crippen LogP contribution in [0.1, 0.15) is 48.2 Å². The summed E-state index contributed by atoms with van der Waals surface area (Å²) in [5, 5.41) is 13.2. The standard InChI is InChI=1S/C24H29N7O/c1-15-10-17(11-16(2)18(15)7-9-31-14-25-13-26-31)22-27-23(32-29-22)21-19-6-8-24(3,4)12-20(19)30(5)28-21/h10-11,13-14H,6-9,12H2,1-5H3. The average Bonchev–Trinajstić information content (AvgIpc) is 3.47. The summed E-state index contributed by atoms with van der Waals surface area (Å²) >= 11 is 0. The first-order valence-electron chi connectivity index (χ1n) is 11.1. The highest BCUT2D eigenvalue weighted by Crippen LogP contribution is 2.38. The second-order valence-corrected chi connectivity index (χ2v) is 9.66. The molecule has 5 rings (SSSR count). The van der Waals surface area contributed by atoms with E-state index in [0.717, 1.165) is 43.5 Å². The third-order valence-electron chi connectivity index (χ3n) is 6.61. The number of fused-ring (bicyclic) bond motifs is 1. The average molecular weight is 432 g/mol. The Labute approximate surface area is 187 Å². The van der Waals surface area contributed by atoms with Gasteiger partial charge in [0.15, 0.2) is 5.69 Å². The highest BCUT2D eigenvalue weighted by molar-refractivity contribution is 5.63. The normalized spacial score (nSPS) is 15.2. The molecular weight excluding hydrogens is 402 g/mol. The van der Waals surface area contributed by atoms with E-state index in [1.54, 1.807) is 12.7 Å². The largest absolute Gasteiger partial charge is 0.332 e. The molecule has 0 amide bonds. The minimum Gasteiger partial charge on any atom is -0.332 e. The first kappa shape index (κ1) is 20.6. The minimum absolute atomic E-state index is 0.294. The molecule has 0 aliphatic heterocycles. The molecule has 1 aliphatic carbocycles. The van der Waals surface area contributed by atoms with Gasteiger partial charge >= 0.3 is 0 Å². The smallest absolute Gasteiger partial charge is 0.279 e. The van der Waals surface area contributed by atoms with Crippen LogP contribution in [0.3, 0.4) is 0 Å². The Morgan fingerprint density at radius 2 is 1.94 bits per heavy atom. The van der Waals surface area contributed by atoms with E-state index in [0.29, 0.717) is 17.1 Å². The van der Waals surface area contributed by atoms with Crippen LogP contribution in [-0.4, -0.2) is 34.7 Å². The number of benzene rings is 1. The maximum Gasteiger partial charge on any atom is 0.279 e. The molecule has 0 saturated heterocycles. The van der Waals surface area contributed by atoms with Crippen LogP contribution in [0.15, 0.2) is 29.3 Å². The maximum atomic E-state index is 5.69. The number of nitrogens with zero attached hydrogens (tertiary/aromatic N) is 7. The number of aryl methyl sites for hydroxylation is 4. The van der Waals surface area contributed by atoms with Crippen molar-refractivity contribution < 1.29 is 4.52 Å². The van der Waals surface area contributed by atoms with Crippen molar-refractivity contribution in [2.45, 2.75) is 59.9 Å². The zero-order valence-corrected chi connectivity index (χ0v) is 19.4. The van der Waals surface area contributed by atoms with Crippen molar-refractivity contribution in [3.63, 3.8) is 0 Å². The molecule has 4 aromatic rings. The molecule has 0 bridgehead atoms. The van der Waals surface area contributed by atoms with E-state index in [2.05, 4.69) is 55.1 Å². The van der Waals surface area contributed by atoms with E-state index >= 15 is 0 Å². The molecule has 8 nitrogen and oxygen atoms in total. The monoisotopic (exact) mass is 431 g/mol. The highest BCUT2D eigenvalue weighted by atomic mass is 16.5. The van der Waals surface area contributed by atoms with Crippen molar-refractivity contribution in [1.82, 2.24) is 34.7 Å². The van der Waals surface area contributed by atoms with Crippen LogP contribution in [0.2, 0.25) is 0 Å². The van der Waals surface area contributed by atoms with E-state index in [1.165, 1.54) is 27.9 Å². The number of hydrogen-bond acceptors (Lipinski definition) is 6. The number of hydrogen-bond donors (Lipinski definition) is 0. The van der Waals surface area contributed by atoms with Crippen molar-refractivity contribution in [1.29, 1.82) is 0 Å². The van der Waals surface area contributed by atoms with Crippen LogP contribution < -0.4 is 0 Å². The molecule has 1 aliphatic rings. The van der Waals surface area contributed by atoms with E-state index in [1.807, 2.05) is 16.4 Å². The van der Waals surface area contributed by atoms with Crippen LogP contribution in [-0.2, 0) is 32.9 Å². The second kappa shape index (κ2) is 7.69. The summed E-state index contributed by atoms with van der Waals surface area (Å²) in [7, 11) is 2.01. The predicted molar refractivity (Wildman–Crippen MR) is 121 cm³/mol. The van der Waals surface area contributed by atoms with Gasteiger partial charge in [-0.15, -0.1) is 0 Å². The lowest BCUT2D eigenvalue weighted by atomic mass is 9.76. The lowest BCUT2D eigenvalue weighted by Gasteiger charge is -2.29. The van der Waals surface area contributed by atoms with Gasteiger partial charge in [0.05, 0.1) is 0 Å². The zero-order chi connectivity index (χ0) is 22.5. The third-order valence-corrected chi connectivity index (χ3v) is 6.61. The van der Waals surface area contributed by atoms with E-state index < -0.39 is 0 Å². The van der Waals surface area contributed by atoms with Crippen LogP contribution in [0.25, 0.3) is 23.0 Å². The number of rotatable bonds is 5. The number of aromatic nitrogens is 7. The molecule has 0 saturated carbocycles. The van der Waals surface area contributed by atoms with Crippen molar-refractivity contribution in [3.8, 4) is 23.0 Å². The van der Waals surface area contributed by atoms with Crippen LogP contribution in [0, 0.1) is 19.3 Å². The van der Waals surface area contributed by atoms with Crippen LogP contribution in [0.4, 0.5) is 0 Å². The summed E-state index contributed by atoms with van der Waals surface area (Å²) < 4.78 is 9.52. The van der Waals surface area contributed by atoms with Crippen molar-refractivity contribution >= 4 is 0 Å². The van der Waals surface area contributed by atoms with Gasteiger partial charge in [-0.25, -0.2) is 4.98 Å². The van der Waals surface area contributed by atoms with Crippen molar-refractivity contribution in [2.75, 3.05) is 0 Å². The molecule has 3 aromatic heterocycles. The Morgan fingerprint density at radius 3 is 2.66 bits per heavy atom. The first-order valence-corrected chi connectivity index (χ1v) is 11.1. The SMILES string of the molecule is Cc1cc(-c2noc(-c3nn(C)c4c3CCC(C)(C)C4)n2)cc(C)c1CCn1cncn1. The van der Waals surface area contributed by atoms with Gasteiger partial charge in [0, 0.05) is 30.4 Å². The molecule has 0 fully saturated rings. The van der Waals surface area contributed by atoms with Crippen molar-refractivity contribution in [3.05, 3.63) is 52.7 Å². The van der Waals surface area contributed by atoms with Crippen LogP contribution in [0.5, 0.6) is 0 Å². The molecule has 0 N–H and O–H groups in total. The molecule has 3 heterocycles. The van der Waals surface area contributed by atoms with Gasteiger partial charge < -0.3 is 4.52 Å². The van der Waals surface area contributed by atoms with Gasteiger partial charge in [-0.2, -0.15) is 15.2 Å². The summed E-state index contributed by atoms with van der Waals surface area (Å²) in [4.78, 5) is 8.75. The minimum atomic E-state index is 0.294. The topological polar surface area (TPSA) is 87.5 Å². The Balaban J connectivity index is 1.42. The summed E-state index contributed by atoms with van der Waals surface area (Å²) in [5.41, 5.74) is 8.35. The molecule has 166 valence electrons. The van der Waals surface area contributed by atoms with Crippen molar-refractivity contribution in [2.24, 2.45) is 12.5 Å². The molecule has 8 heteroatoms. The Hall–Kier alpha value is -3.29.